The lowest BCUT2D eigenvalue weighted by atomic mass is 10.2. The van der Waals surface area contributed by atoms with Crippen molar-refractivity contribution in [3.8, 4) is 0 Å². The van der Waals surface area contributed by atoms with Gasteiger partial charge in [-0.1, -0.05) is 6.07 Å². The lowest BCUT2D eigenvalue weighted by molar-refractivity contribution is -0.125. The van der Waals surface area contributed by atoms with Crippen molar-refractivity contribution in [2.45, 2.75) is 44.2 Å². The van der Waals surface area contributed by atoms with Crippen LogP contribution in [0.15, 0.2) is 18.2 Å². The second-order valence-electron chi connectivity index (χ2n) is 6.50. The molecule has 2 amide bonds. The second-order valence-corrected chi connectivity index (χ2v) is 6.50. The quantitative estimate of drug-likeness (QED) is 0.894. The Labute approximate surface area is 134 Å². The zero-order valence-electron chi connectivity index (χ0n) is 13.1. The molecule has 6 heteroatoms. The average molecular weight is 312 g/mol. The third-order valence-corrected chi connectivity index (χ3v) is 4.70. The maximum atomic E-state index is 12.0. The fourth-order valence-corrected chi connectivity index (χ4v) is 3.20. The first-order chi connectivity index (χ1) is 11.1. The smallest absolute Gasteiger partial charge is 0.242 e. The molecule has 1 atom stereocenters. The molecule has 6 nitrogen and oxygen atoms in total. The highest BCUT2D eigenvalue weighted by atomic mass is 16.2. The molecule has 2 aliphatic rings. The highest BCUT2D eigenvalue weighted by Crippen LogP contribution is 2.40. The van der Waals surface area contributed by atoms with Gasteiger partial charge in [0.05, 0.1) is 11.0 Å². The summed E-state index contributed by atoms with van der Waals surface area (Å²) in [6.45, 7) is 0.455. The molecule has 2 N–H and O–H groups in total. The van der Waals surface area contributed by atoms with Crippen LogP contribution in [-0.4, -0.2) is 27.4 Å². The SMILES string of the molecule is Cn1c(C2CC2)nc2cc(CNC(=O)C3CCC(=O)N3)ccc21. The number of nitrogens with one attached hydrogen (secondary N) is 2. The Hall–Kier alpha value is -2.37. The Morgan fingerprint density at radius 1 is 1.39 bits per heavy atom. The van der Waals surface area contributed by atoms with E-state index in [1.807, 2.05) is 12.1 Å². The number of carbonyl (C=O) groups excluding carboxylic acids is 2. The fourth-order valence-electron chi connectivity index (χ4n) is 3.20. The topological polar surface area (TPSA) is 76.0 Å². The normalized spacial score (nSPS) is 20.7. The Morgan fingerprint density at radius 3 is 2.91 bits per heavy atom. The maximum absolute atomic E-state index is 12.0. The van der Waals surface area contributed by atoms with Crippen LogP contribution < -0.4 is 10.6 Å². The number of aryl methyl sites for hydroxylation is 1. The van der Waals surface area contributed by atoms with Crippen molar-refractivity contribution < 1.29 is 9.59 Å². The molecule has 1 aliphatic carbocycles. The van der Waals surface area contributed by atoms with Gasteiger partial charge in [0.15, 0.2) is 0 Å². The molecular weight excluding hydrogens is 292 g/mol. The first-order valence-electron chi connectivity index (χ1n) is 8.14. The predicted molar refractivity (Wildman–Crippen MR) is 85.7 cm³/mol. The van der Waals surface area contributed by atoms with Crippen LogP contribution in [0, 0.1) is 0 Å². The molecule has 1 saturated heterocycles. The molecule has 1 aliphatic heterocycles. The number of rotatable bonds is 4. The van der Waals surface area contributed by atoms with E-state index in [0.29, 0.717) is 25.3 Å². The van der Waals surface area contributed by atoms with Gasteiger partial charge >= 0.3 is 0 Å². The van der Waals surface area contributed by atoms with Gasteiger partial charge in [0.2, 0.25) is 11.8 Å². The molecule has 1 unspecified atom stereocenters. The second kappa shape index (κ2) is 5.37. The average Bonchev–Trinajstić information content (AvgIpc) is 3.22. The predicted octanol–water partition coefficient (Wildman–Crippen LogP) is 1.35. The summed E-state index contributed by atoms with van der Waals surface area (Å²) in [6.07, 6.45) is 3.47. The summed E-state index contributed by atoms with van der Waals surface area (Å²) in [5, 5.41) is 5.58. The van der Waals surface area contributed by atoms with E-state index in [9.17, 15) is 9.59 Å². The van der Waals surface area contributed by atoms with E-state index in [2.05, 4.69) is 28.3 Å². The van der Waals surface area contributed by atoms with E-state index in [-0.39, 0.29) is 17.9 Å². The third kappa shape index (κ3) is 2.69. The Bertz CT molecular complexity index is 791. The van der Waals surface area contributed by atoms with Crippen LogP contribution in [0.3, 0.4) is 0 Å². The number of aromatic nitrogens is 2. The maximum Gasteiger partial charge on any atom is 0.242 e. The van der Waals surface area contributed by atoms with Gasteiger partial charge in [-0.3, -0.25) is 9.59 Å². The highest BCUT2D eigenvalue weighted by Gasteiger charge is 2.29. The van der Waals surface area contributed by atoms with Crippen molar-refractivity contribution in [1.82, 2.24) is 20.2 Å². The number of hydrogen-bond donors (Lipinski definition) is 2. The highest BCUT2D eigenvalue weighted by molar-refractivity contribution is 5.90. The van der Waals surface area contributed by atoms with Gasteiger partial charge in [-0.2, -0.15) is 0 Å². The van der Waals surface area contributed by atoms with Crippen molar-refractivity contribution in [2.75, 3.05) is 0 Å². The Morgan fingerprint density at radius 2 is 2.22 bits per heavy atom. The molecule has 1 saturated carbocycles. The van der Waals surface area contributed by atoms with Crippen LogP contribution in [0.25, 0.3) is 11.0 Å². The van der Waals surface area contributed by atoms with E-state index >= 15 is 0 Å². The molecular formula is C17H20N4O2. The lowest BCUT2D eigenvalue weighted by Gasteiger charge is -2.11. The molecule has 2 heterocycles. The molecule has 0 radical (unpaired) electrons. The standard InChI is InChI=1S/C17H20N4O2/c1-21-14-6-2-10(8-13(14)20-16(21)11-3-4-11)9-18-17(23)12-5-7-15(22)19-12/h2,6,8,11-12H,3-5,7,9H2,1H3,(H,18,23)(H,19,22). The Kier molecular flexibility index (Phi) is 3.32. The van der Waals surface area contributed by atoms with Gasteiger partial charge in [0, 0.05) is 25.9 Å². The summed E-state index contributed by atoms with van der Waals surface area (Å²) in [7, 11) is 2.06. The summed E-state index contributed by atoms with van der Waals surface area (Å²) in [5.41, 5.74) is 3.14. The van der Waals surface area contributed by atoms with Gasteiger partial charge in [-0.15, -0.1) is 0 Å². The minimum atomic E-state index is -0.387. The van der Waals surface area contributed by atoms with Crippen molar-refractivity contribution >= 4 is 22.8 Å². The lowest BCUT2D eigenvalue weighted by Crippen LogP contribution is -2.41. The van der Waals surface area contributed by atoms with Crippen LogP contribution in [0.2, 0.25) is 0 Å². The first kappa shape index (κ1) is 14.2. The van der Waals surface area contributed by atoms with Gasteiger partial charge in [0.25, 0.3) is 0 Å². The number of imidazole rings is 1. The van der Waals surface area contributed by atoms with Crippen LogP contribution in [0.1, 0.15) is 43.0 Å². The molecule has 23 heavy (non-hydrogen) atoms. The molecule has 2 fully saturated rings. The number of benzene rings is 1. The van der Waals surface area contributed by atoms with Gasteiger partial charge in [-0.05, 0) is 37.0 Å². The molecule has 0 bridgehead atoms. The van der Waals surface area contributed by atoms with Crippen molar-refractivity contribution in [1.29, 1.82) is 0 Å². The van der Waals surface area contributed by atoms with Crippen LogP contribution in [-0.2, 0) is 23.2 Å². The van der Waals surface area contributed by atoms with Crippen molar-refractivity contribution in [3.63, 3.8) is 0 Å². The summed E-state index contributed by atoms with van der Waals surface area (Å²) in [5.74, 6) is 1.61. The molecule has 2 aromatic rings. The summed E-state index contributed by atoms with van der Waals surface area (Å²) >= 11 is 0. The number of fused-ring (bicyclic) bond motifs is 1. The number of hydrogen-bond acceptors (Lipinski definition) is 3. The molecule has 4 rings (SSSR count). The zero-order chi connectivity index (χ0) is 16.0. The molecule has 1 aromatic heterocycles. The van der Waals surface area contributed by atoms with E-state index in [0.717, 1.165) is 22.4 Å². The van der Waals surface area contributed by atoms with Gasteiger partial charge in [0.1, 0.15) is 11.9 Å². The minimum absolute atomic E-state index is 0.0485. The van der Waals surface area contributed by atoms with Crippen LogP contribution in [0.5, 0.6) is 0 Å². The molecule has 0 spiro atoms. The fraction of sp³-hybridized carbons (Fsp3) is 0.471. The van der Waals surface area contributed by atoms with Crippen LogP contribution >= 0.6 is 0 Å². The molecule has 1 aromatic carbocycles. The number of amides is 2. The van der Waals surface area contributed by atoms with Crippen molar-refractivity contribution in [3.05, 3.63) is 29.6 Å². The number of nitrogens with zero attached hydrogens (tertiary/aromatic N) is 2. The van der Waals surface area contributed by atoms with Gasteiger partial charge < -0.3 is 15.2 Å². The first-order valence-corrected chi connectivity index (χ1v) is 8.14. The third-order valence-electron chi connectivity index (χ3n) is 4.70. The summed E-state index contributed by atoms with van der Waals surface area (Å²) in [6, 6.07) is 5.73. The van der Waals surface area contributed by atoms with E-state index in [4.69, 9.17) is 4.98 Å². The van der Waals surface area contributed by atoms with E-state index in [1.54, 1.807) is 0 Å². The van der Waals surface area contributed by atoms with Crippen molar-refractivity contribution in [2.24, 2.45) is 7.05 Å². The largest absolute Gasteiger partial charge is 0.350 e. The zero-order valence-corrected chi connectivity index (χ0v) is 13.1. The van der Waals surface area contributed by atoms with Gasteiger partial charge in [-0.25, -0.2) is 4.98 Å². The molecule has 120 valence electrons. The summed E-state index contributed by atoms with van der Waals surface area (Å²) < 4.78 is 2.17. The monoisotopic (exact) mass is 312 g/mol. The Balaban J connectivity index is 1.46. The number of carbonyl (C=O) groups is 2. The van der Waals surface area contributed by atoms with E-state index in [1.165, 1.54) is 12.8 Å². The van der Waals surface area contributed by atoms with E-state index < -0.39 is 0 Å². The van der Waals surface area contributed by atoms with Crippen LogP contribution in [0.4, 0.5) is 0 Å². The summed E-state index contributed by atoms with van der Waals surface area (Å²) in [4.78, 5) is 28.0. The minimum Gasteiger partial charge on any atom is -0.350 e.